The molecule has 7 aromatic carbocycles. The second-order valence-electron chi connectivity index (χ2n) is 8.91. The fraction of sp³-hybridized carbons (Fsp3) is 0. The Morgan fingerprint density at radius 2 is 0.875 bits per heavy atom. The van der Waals surface area contributed by atoms with E-state index in [0.29, 0.717) is 0 Å². The molecule has 8 rings (SSSR count). The molecule has 0 amide bonds. The first-order chi connectivity index (χ1) is 15.9. The standard InChI is InChI=1S/C32H18/c1-2-10-22-20(7-1)17-28(24-12-4-3-11-23(22)24)29-18-21-9-6-14-26-25-13-5-8-19-15-16-27(29)32(30(19)25)31(21)26/h1-18H. The van der Waals surface area contributed by atoms with Crippen molar-refractivity contribution < 1.29 is 0 Å². The van der Waals surface area contributed by atoms with Gasteiger partial charge in [-0.15, -0.1) is 0 Å². The SMILES string of the molecule is c1ccc2c(c1)cc(-c1cc3cccc4c3c3c1ccc1cccc-4c13)c1ccccc12. The first-order valence-corrected chi connectivity index (χ1v) is 11.2. The van der Waals surface area contributed by atoms with Gasteiger partial charge in [-0.3, -0.25) is 0 Å². The van der Waals surface area contributed by atoms with Crippen molar-refractivity contribution in [1.29, 1.82) is 0 Å². The summed E-state index contributed by atoms with van der Waals surface area (Å²) in [6.07, 6.45) is 0. The molecule has 0 nitrogen and oxygen atoms in total. The molecular weight excluding hydrogens is 384 g/mol. The lowest BCUT2D eigenvalue weighted by Gasteiger charge is -2.15. The average Bonchev–Trinajstić information content (AvgIpc) is 3.20. The van der Waals surface area contributed by atoms with Gasteiger partial charge in [-0.25, -0.2) is 0 Å². The molecule has 0 radical (unpaired) electrons. The van der Waals surface area contributed by atoms with Gasteiger partial charge in [0.2, 0.25) is 0 Å². The van der Waals surface area contributed by atoms with Crippen LogP contribution in [0.15, 0.2) is 109 Å². The third kappa shape index (κ3) is 1.93. The van der Waals surface area contributed by atoms with Gasteiger partial charge in [-0.2, -0.15) is 0 Å². The lowest BCUT2D eigenvalue weighted by Crippen LogP contribution is -1.87. The van der Waals surface area contributed by atoms with Gasteiger partial charge in [-0.05, 0) is 88.2 Å². The highest BCUT2D eigenvalue weighted by Gasteiger charge is 2.22. The summed E-state index contributed by atoms with van der Waals surface area (Å²) < 4.78 is 0. The van der Waals surface area contributed by atoms with E-state index in [2.05, 4.69) is 109 Å². The second kappa shape index (κ2) is 5.75. The second-order valence-corrected chi connectivity index (χ2v) is 8.91. The predicted molar refractivity (Wildman–Crippen MR) is 138 cm³/mol. The topological polar surface area (TPSA) is 0 Å². The summed E-state index contributed by atoms with van der Waals surface area (Å²) in [6.45, 7) is 0. The molecule has 146 valence electrons. The van der Waals surface area contributed by atoms with E-state index >= 15 is 0 Å². The maximum atomic E-state index is 2.41. The Balaban J connectivity index is 1.63. The van der Waals surface area contributed by atoms with E-state index in [4.69, 9.17) is 0 Å². The van der Waals surface area contributed by atoms with Crippen LogP contribution in [0.4, 0.5) is 0 Å². The predicted octanol–water partition coefficient (Wildman–Crippen LogP) is 9.10. The fourth-order valence-corrected chi connectivity index (χ4v) is 6.01. The number of fused-ring (bicyclic) bond motifs is 4. The van der Waals surface area contributed by atoms with E-state index in [0.717, 1.165) is 0 Å². The smallest absolute Gasteiger partial charge is 0.000807 e. The molecular formula is C32H18. The van der Waals surface area contributed by atoms with Crippen molar-refractivity contribution in [2.24, 2.45) is 0 Å². The van der Waals surface area contributed by atoms with Crippen LogP contribution in [0.2, 0.25) is 0 Å². The van der Waals surface area contributed by atoms with Crippen LogP contribution in [0.3, 0.4) is 0 Å². The molecule has 0 aliphatic heterocycles. The number of hydrogen-bond donors (Lipinski definition) is 0. The lowest BCUT2D eigenvalue weighted by molar-refractivity contribution is 1.73. The molecule has 0 fully saturated rings. The van der Waals surface area contributed by atoms with Gasteiger partial charge in [-0.1, -0.05) is 97.1 Å². The Morgan fingerprint density at radius 3 is 1.72 bits per heavy atom. The number of benzene rings is 7. The van der Waals surface area contributed by atoms with Crippen LogP contribution in [0.25, 0.3) is 76.1 Å². The molecule has 1 aliphatic rings. The molecule has 0 saturated carbocycles. The van der Waals surface area contributed by atoms with Crippen molar-refractivity contribution >= 4 is 53.9 Å². The van der Waals surface area contributed by atoms with Gasteiger partial charge in [0.25, 0.3) is 0 Å². The largest absolute Gasteiger partial charge is 0.0616 e. The molecule has 7 aromatic rings. The summed E-state index contributed by atoms with van der Waals surface area (Å²) in [4.78, 5) is 0. The van der Waals surface area contributed by atoms with E-state index in [1.165, 1.54) is 76.1 Å². The third-order valence-electron chi connectivity index (χ3n) is 7.33. The minimum atomic E-state index is 1.29. The fourth-order valence-electron chi connectivity index (χ4n) is 6.01. The molecule has 0 aromatic heterocycles. The lowest BCUT2D eigenvalue weighted by atomic mass is 9.88. The van der Waals surface area contributed by atoms with Crippen molar-refractivity contribution in [3.8, 4) is 22.3 Å². The Labute approximate surface area is 185 Å². The van der Waals surface area contributed by atoms with Crippen LogP contribution in [0, 0.1) is 0 Å². The molecule has 0 bridgehead atoms. The minimum absolute atomic E-state index is 1.29. The van der Waals surface area contributed by atoms with E-state index in [9.17, 15) is 0 Å². The summed E-state index contributed by atoms with van der Waals surface area (Å²) in [5.74, 6) is 0. The number of hydrogen-bond acceptors (Lipinski definition) is 0. The molecule has 0 saturated heterocycles. The van der Waals surface area contributed by atoms with Crippen LogP contribution in [-0.4, -0.2) is 0 Å². The maximum Gasteiger partial charge on any atom is -0.000807 e. The first-order valence-electron chi connectivity index (χ1n) is 11.2. The molecule has 0 N–H and O–H groups in total. The molecule has 1 aliphatic carbocycles. The van der Waals surface area contributed by atoms with E-state index in [1.807, 2.05) is 0 Å². The Hall–Kier alpha value is -4.16. The maximum absolute atomic E-state index is 2.41. The summed E-state index contributed by atoms with van der Waals surface area (Å²) in [6, 6.07) is 40.5. The summed E-state index contributed by atoms with van der Waals surface area (Å²) in [5, 5.41) is 13.5. The Kier molecular flexibility index (Phi) is 2.97. The molecule has 0 unspecified atom stereocenters. The average molecular weight is 402 g/mol. The van der Waals surface area contributed by atoms with Crippen molar-refractivity contribution in [1.82, 2.24) is 0 Å². The molecule has 0 atom stereocenters. The van der Waals surface area contributed by atoms with Gasteiger partial charge in [0, 0.05) is 0 Å². The van der Waals surface area contributed by atoms with Crippen molar-refractivity contribution in [3.05, 3.63) is 109 Å². The summed E-state index contributed by atoms with van der Waals surface area (Å²) in [5.41, 5.74) is 5.38. The first kappa shape index (κ1) is 16.5. The van der Waals surface area contributed by atoms with E-state index in [1.54, 1.807) is 0 Å². The zero-order valence-electron chi connectivity index (χ0n) is 17.4. The van der Waals surface area contributed by atoms with Gasteiger partial charge in [0.1, 0.15) is 0 Å². The van der Waals surface area contributed by atoms with E-state index < -0.39 is 0 Å². The summed E-state index contributed by atoms with van der Waals surface area (Å²) >= 11 is 0. The molecule has 0 spiro atoms. The number of rotatable bonds is 1. The Bertz CT molecular complexity index is 1900. The quantitative estimate of drug-likeness (QED) is 0.240. The highest BCUT2D eigenvalue weighted by atomic mass is 14.2. The van der Waals surface area contributed by atoms with Crippen LogP contribution in [0.1, 0.15) is 0 Å². The van der Waals surface area contributed by atoms with Crippen molar-refractivity contribution in [3.63, 3.8) is 0 Å². The van der Waals surface area contributed by atoms with Gasteiger partial charge in [0.15, 0.2) is 0 Å². The molecule has 0 heterocycles. The molecule has 32 heavy (non-hydrogen) atoms. The highest BCUT2D eigenvalue weighted by Crippen LogP contribution is 2.50. The van der Waals surface area contributed by atoms with Gasteiger partial charge >= 0.3 is 0 Å². The van der Waals surface area contributed by atoms with Crippen LogP contribution in [0.5, 0.6) is 0 Å². The van der Waals surface area contributed by atoms with Crippen molar-refractivity contribution in [2.45, 2.75) is 0 Å². The van der Waals surface area contributed by atoms with Gasteiger partial charge < -0.3 is 0 Å². The van der Waals surface area contributed by atoms with Gasteiger partial charge in [0.05, 0.1) is 0 Å². The summed E-state index contributed by atoms with van der Waals surface area (Å²) in [7, 11) is 0. The zero-order chi connectivity index (χ0) is 20.8. The zero-order valence-corrected chi connectivity index (χ0v) is 17.4. The Morgan fingerprint density at radius 1 is 0.281 bits per heavy atom. The minimum Gasteiger partial charge on any atom is -0.0616 e. The third-order valence-corrected chi connectivity index (χ3v) is 7.33. The monoisotopic (exact) mass is 402 g/mol. The van der Waals surface area contributed by atoms with Crippen molar-refractivity contribution in [2.75, 3.05) is 0 Å². The molecule has 0 heteroatoms. The van der Waals surface area contributed by atoms with Crippen LogP contribution >= 0.6 is 0 Å². The normalized spacial score (nSPS) is 12.4. The van der Waals surface area contributed by atoms with E-state index in [-0.39, 0.29) is 0 Å². The van der Waals surface area contributed by atoms with Crippen LogP contribution < -0.4 is 0 Å². The highest BCUT2D eigenvalue weighted by molar-refractivity contribution is 6.35. The van der Waals surface area contributed by atoms with Crippen LogP contribution in [-0.2, 0) is 0 Å².